The number of rotatable bonds is 2. The molecule has 0 saturated heterocycles. The van der Waals surface area contributed by atoms with Gasteiger partial charge in [-0.15, -0.1) is 0 Å². The Hall–Kier alpha value is -0.0100. The van der Waals surface area contributed by atoms with Crippen molar-refractivity contribution in [2.75, 3.05) is 0 Å². The Morgan fingerprint density at radius 3 is 2.00 bits per heavy atom. The zero-order valence-corrected chi connectivity index (χ0v) is 11.4. The first-order valence-corrected chi connectivity index (χ1v) is 5.91. The minimum absolute atomic E-state index is 0.0375. The molecule has 0 bridgehead atoms. The van der Waals surface area contributed by atoms with Crippen molar-refractivity contribution in [3.8, 4) is 0 Å². The minimum Gasteiger partial charge on any atom is -0.281 e. The minimum atomic E-state index is -0.250. The van der Waals surface area contributed by atoms with E-state index >= 15 is 0 Å². The topological polar surface area (TPSA) is 17.1 Å². The summed E-state index contributed by atoms with van der Waals surface area (Å²) in [5, 5.41) is 0.556. The van der Waals surface area contributed by atoms with Crippen LogP contribution in [-0.2, 0) is 4.79 Å². The van der Waals surface area contributed by atoms with E-state index in [-0.39, 0.29) is 27.9 Å². The molecular formula is C12H18Cl2O. The van der Waals surface area contributed by atoms with E-state index in [1.807, 2.05) is 19.9 Å². The van der Waals surface area contributed by atoms with Crippen molar-refractivity contribution in [1.29, 1.82) is 0 Å². The van der Waals surface area contributed by atoms with E-state index in [4.69, 9.17) is 23.2 Å². The highest BCUT2D eigenvalue weighted by Crippen LogP contribution is 2.60. The van der Waals surface area contributed by atoms with E-state index in [0.717, 1.165) is 5.03 Å². The lowest BCUT2D eigenvalue weighted by Gasteiger charge is -2.17. The Balaban J connectivity index is 2.83. The summed E-state index contributed by atoms with van der Waals surface area (Å²) in [7, 11) is 0. The van der Waals surface area contributed by atoms with Gasteiger partial charge in [-0.25, -0.2) is 0 Å². The highest BCUT2D eigenvalue weighted by Gasteiger charge is 2.60. The second kappa shape index (κ2) is 3.78. The van der Waals surface area contributed by atoms with Crippen LogP contribution in [0.3, 0.4) is 0 Å². The van der Waals surface area contributed by atoms with Gasteiger partial charge in [0.05, 0.1) is 0 Å². The number of halogens is 2. The van der Waals surface area contributed by atoms with Crippen LogP contribution in [0.4, 0.5) is 0 Å². The second-order valence-corrected chi connectivity index (χ2v) is 6.67. The standard InChI is InChI=1S/C12H18Cl2O/c1-11(2,3)8(13)6-7-9(10(14)15)12(7,4)5/h6-7,9H,1-5H3/b8-6-/t7-,9+/m0/s1. The third-order valence-corrected chi connectivity index (χ3v) is 4.13. The van der Waals surface area contributed by atoms with Gasteiger partial charge in [-0.05, 0) is 28.3 Å². The van der Waals surface area contributed by atoms with Crippen molar-refractivity contribution in [3.05, 3.63) is 11.1 Å². The molecule has 3 heteroatoms. The van der Waals surface area contributed by atoms with E-state index in [9.17, 15) is 4.79 Å². The van der Waals surface area contributed by atoms with Crippen LogP contribution < -0.4 is 0 Å². The third kappa shape index (κ3) is 2.57. The quantitative estimate of drug-likeness (QED) is 0.670. The number of hydrogen-bond donors (Lipinski definition) is 0. The van der Waals surface area contributed by atoms with Gasteiger partial charge in [-0.1, -0.05) is 52.3 Å². The molecule has 0 aromatic heterocycles. The van der Waals surface area contributed by atoms with Gasteiger partial charge in [0.15, 0.2) is 0 Å². The van der Waals surface area contributed by atoms with E-state index in [0.29, 0.717) is 0 Å². The van der Waals surface area contributed by atoms with Crippen LogP contribution in [0.25, 0.3) is 0 Å². The monoisotopic (exact) mass is 248 g/mol. The lowest BCUT2D eigenvalue weighted by Crippen LogP contribution is -2.05. The van der Waals surface area contributed by atoms with Crippen LogP contribution in [0.1, 0.15) is 34.6 Å². The maximum Gasteiger partial charge on any atom is 0.225 e. The number of hydrogen-bond acceptors (Lipinski definition) is 1. The summed E-state index contributed by atoms with van der Waals surface area (Å²) in [6.45, 7) is 10.3. The first-order valence-electron chi connectivity index (χ1n) is 5.15. The Bertz CT molecular complexity index is 310. The molecule has 86 valence electrons. The fourth-order valence-corrected chi connectivity index (χ4v) is 2.38. The first-order chi connectivity index (χ1) is 6.58. The second-order valence-electron chi connectivity index (χ2n) is 5.89. The zero-order valence-electron chi connectivity index (χ0n) is 9.90. The van der Waals surface area contributed by atoms with E-state index in [1.165, 1.54) is 0 Å². The van der Waals surface area contributed by atoms with Crippen LogP contribution in [0.15, 0.2) is 11.1 Å². The Morgan fingerprint density at radius 2 is 1.73 bits per heavy atom. The molecule has 0 unspecified atom stereocenters. The molecule has 15 heavy (non-hydrogen) atoms. The molecule has 0 aromatic rings. The average Bonchev–Trinajstić information content (AvgIpc) is 2.50. The molecule has 0 spiro atoms. The summed E-state index contributed by atoms with van der Waals surface area (Å²) in [4.78, 5) is 11.2. The maximum absolute atomic E-state index is 11.2. The lowest BCUT2D eigenvalue weighted by atomic mass is 9.94. The predicted molar refractivity (Wildman–Crippen MR) is 65.0 cm³/mol. The van der Waals surface area contributed by atoms with Crippen LogP contribution in [-0.4, -0.2) is 5.24 Å². The van der Waals surface area contributed by atoms with E-state index < -0.39 is 0 Å². The van der Waals surface area contributed by atoms with Gasteiger partial charge >= 0.3 is 0 Å². The van der Waals surface area contributed by atoms with Crippen molar-refractivity contribution < 1.29 is 4.79 Å². The molecule has 0 radical (unpaired) electrons. The van der Waals surface area contributed by atoms with Crippen LogP contribution in [0.5, 0.6) is 0 Å². The SMILES string of the molecule is CC(C)(C)/C(Cl)=C/[C@H]1[C@H](C(=O)Cl)C1(C)C. The van der Waals surface area contributed by atoms with Gasteiger partial charge in [0.2, 0.25) is 5.24 Å². The molecular weight excluding hydrogens is 231 g/mol. The van der Waals surface area contributed by atoms with Crippen molar-refractivity contribution in [3.63, 3.8) is 0 Å². The summed E-state index contributed by atoms with van der Waals surface area (Å²) in [6, 6.07) is 0. The molecule has 1 fully saturated rings. The molecule has 0 aliphatic heterocycles. The van der Waals surface area contributed by atoms with Crippen molar-refractivity contribution in [1.82, 2.24) is 0 Å². The molecule has 0 aromatic carbocycles. The van der Waals surface area contributed by atoms with Gasteiger partial charge in [0, 0.05) is 11.0 Å². The predicted octanol–water partition coefficient (Wildman–Crippen LogP) is 4.19. The molecule has 1 aliphatic rings. The molecule has 0 amide bonds. The molecule has 0 N–H and O–H groups in total. The van der Waals surface area contributed by atoms with Gasteiger partial charge < -0.3 is 0 Å². The van der Waals surface area contributed by atoms with Crippen molar-refractivity contribution >= 4 is 28.4 Å². The zero-order chi connectivity index (χ0) is 12.0. The van der Waals surface area contributed by atoms with Gasteiger partial charge in [0.25, 0.3) is 0 Å². The summed E-state index contributed by atoms with van der Waals surface area (Å²) >= 11 is 11.7. The van der Waals surface area contributed by atoms with Crippen molar-refractivity contribution in [2.45, 2.75) is 34.6 Å². The Kier molecular flexibility index (Phi) is 3.29. The number of carbonyl (C=O) groups excluding carboxylic acids is 1. The lowest BCUT2D eigenvalue weighted by molar-refractivity contribution is -0.113. The van der Waals surface area contributed by atoms with E-state index in [1.54, 1.807) is 0 Å². The fourth-order valence-electron chi connectivity index (χ4n) is 1.83. The first kappa shape index (κ1) is 13.1. The van der Waals surface area contributed by atoms with Gasteiger partial charge in [0.1, 0.15) is 0 Å². The van der Waals surface area contributed by atoms with Gasteiger partial charge in [-0.3, -0.25) is 4.79 Å². The highest BCUT2D eigenvalue weighted by atomic mass is 35.5. The molecule has 0 heterocycles. The molecule has 1 rings (SSSR count). The third-order valence-electron chi connectivity index (χ3n) is 3.20. The summed E-state index contributed by atoms with van der Waals surface area (Å²) in [5.41, 5.74) is -0.0929. The maximum atomic E-state index is 11.2. The molecule has 1 saturated carbocycles. The average molecular weight is 249 g/mol. The Labute approximate surface area is 102 Å². The molecule has 1 aliphatic carbocycles. The van der Waals surface area contributed by atoms with Crippen LogP contribution >= 0.6 is 23.2 Å². The highest BCUT2D eigenvalue weighted by molar-refractivity contribution is 6.64. The van der Waals surface area contributed by atoms with Crippen LogP contribution in [0.2, 0.25) is 0 Å². The number of allylic oxidation sites excluding steroid dienone is 2. The molecule has 1 nitrogen and oxygen atoms in total. The molecule has 2 atom stereocenters. The largest absolute Gasteiger partial charge is 0.281 e. The Morgan fingerprint density at radius 1 is 1.27 bits per heavy atom. The smallest absolute Gasteiger partial charge is 0.225 e. The summed E-state index contributed by atoms with van der Waals surface area (Å²) in [6.07, 6.45) is 1.99. The van der Waals surface area contributed by atoms with E-state index in [2.05, 4.69) is 20.8 Å². The fraction of sp³-hybridized carbons (Fsp3) is 0.750. The van der Waals surface area contributed by atoms with Crippen LogP contribution in [0, 0.1) is 22.7 Å². The number of carbonyl (C=O) groups is 1. The normalized spacial score (nSPS) is 30.2. The summed E-state index contributed by atoms with van der Waals surface area (Å²) in [5.74, 6) is 0.115. The summed E-state index contributed by atoms with van der Waals surface area (Å²) < 4.78 is 0. The van der Waals surface area contributed by atoms with Gasteiger partial charge in [-0.2, -0.15) is 0 Å². The van der Waals surface area contributed by atoms with Crippen molar-refractivity contribution in [2.24, 2.45) is 22.7 Å².